The van der Waals surface area contributed by atoms with E-state index in [4.69, 9.17) is 0 Å². The molecule has 0 saturated carbocycles. The molecule has 0 radical (unpaired) electrons. The molecule has 1 heterocycles. The smallest absolute Gasteiger partial charge is 0.322 e. The highest BCUT2D eigenvalue weighted by atomic mass is 19.4. The summed E-state index contributed by atoms with van der Waals surface area (Å²) in [5.41, 5.74) is -3.10. The Morgan fingerprint density at radius 1 is 1.22 bits per heavy atom. The average molecular weight is 258 g/mol. The molecule has 1 aromatic heterocycles. The van der Waals surface area contributed by atoms with Crippen molar-refractivity contribution >= 4 is 16.6 Å². The number of halogens is 3. The predicted molar refractivity (Wildman–Crippen MR) is 56.2 cm³/mol. The number of alkyl halides is 3. The number of nitro groups is 1. The molecule has 0 saturated heterocycles. The van der Waals surface area contributed by atoms with Crippen LogP contribution in [0.4, 0.5) is 18.9 Å². The fourth-order valence-electron chi connectivity index (χ4n) is 1.57. The van der Waals surface area contributed by atoms with Gasteiger partial charge in [0, 0.05) is 23.0 Å². The zero-order valence-electron chi connectivity index (χ0n) is 8.62. The lowest BCUT2D eigenvalue weighted by molar-refractivity contribution is -0.387. The van der Waals surface area contributed by atoms with Crippen LogP contribution in [-0.2, 0) is 6.18 Å². The van der Waals surface area contributed by atoms with E-state index in [-0.39, 0.29) is 10.9 Å². The van der Waals surface area contributed by atoms with Gasteiger partial charge in [-0.2, -0.15) is 13.2 Å². The molecular formula is C10H5F3N2O3. The van der Waals surface area contributed by atoms with Crippen LogP contribution in [0.15, 0.2) is 29.1 Å². The van der Waals surface area contributed by atoms with E-state index < -0.39 is 27.9 Å². The van der Waals surface area contributed by atoms with Crippen LogP contribution >= 0.6 is 0 Å². The van der Waals surface area contributed by atoms with Gasteiger partial charge in [0.05, 0.1) is 4.92 Å². The van der Waals surface area contributed by atoms with Crippen LogP contribution in [0.1, 0.15) is 5.56 Å². The molecule has 0 aliphatic rings. The second-order valence-electron chi connectivity index (χ2n) is 3.53. The van der Waals surface area contributed by atoms with Crippen LogP contribution in [0.25, 0.3) is 10.9 Å². The first-order valence-corrected chi connectivity index (χ1v) is 4.68. The van der Waals surface area contributed by atoms with Gasteiger partial charge in [0.25, 0.3) is 5.69 Å². The number of H-pyrrole nitrogens is 1. The lowest BCUT2D eigenvalue weighted by atomic mass is 10.1. The van der Waals surface area contributed by atoms with Gasteiger partial charge in [0.2, 0.25) is 5.56 Å². The van der Waals surface area contributed by atoms with Gasteiger partial charge in [-0.15, -0.1) is 0 Å². The Labute approximate surface area is 97.0 Å². The number of hydrogen-bond acceptors (Lipinski definition) is 3. The normalized spacial score (nSPS) is 11.7. The van der Waals surface area contributed by atoms with Crippen molar-refractivity contribution in [3.8, 4) is 0 Å². The molecule has 0 spiro atoms. The van der Waals surface area contributed by atoms with Crippen molar-refractivity contribution in [3.63, 3.8) is 0 Å². The Kier molecular flexibility index (Phi) is 2.57. The van der Waals surface area contributed by atoms with Crippen LogP contribution in [0.5, 0.6) is 0 Å². The van der Waals surface area contributed by atoms with Gasteiger partial charge in [0.15, 0.2) is 0 Å². The monoisotopic (exact) mass is 258 g/mol. The van der Waals surface area contributed by atoms with E-state index >= 15 is 0 Å². The molecule has 18 heavy (non-hydrogen) atoms. The highest BCUT2D eigenvalue weighted by molar-refractivity contribution is 5.82. The van der Waals surface area contributed by atoms with Gasteiger partial charge in [-0.25, -0.2) is 0 Å². The summed E-state index contributed by atoms with van der Waals surface area (Å²) in [5, 5.41) is 10.8. The first-order valence-electron chi connectivity index (χ1n) is 4.68. The van der Waals surface area contributed by atoms with Crippen molar-refractivity contribution in [2.45, 2.75) is 6.18 Å². The maximum atomic E-state index is 12.6. The van der Waals surface area contributed by atoms with Crippen molar-refractivity contribution in [1.29, 1.82) is 0 Å². The van der Waals surface area contributed by atoms with Crippen LogP contribution < -0.4 is 5.56 Å². The number of nitrogens with one attached hydrogen (secondary N) is 1. The Balaban J connectivity index is 2.85. The first kappa shape index (κ1) is 12.1. The fourth-order valence-corrected chi connectivity index (χ4v) is 1.57. The van der Waals surface area contributed by atoms with E-state index in [0.717, 1.165) is 12.1 Å². The zero-order valence-corrected chi connectivity index (χ0v) is 8.62. The molecule has 1 aromatic carbocycles. The van der Waals surface area contributed by atoms with Crippen molar-refractivity contribution < 1.29 is 18.1 Å². The van der Waals surface area contributed by atoms with Crippen molar-refractivity contribution in [2.75, 3.05) is 0 Å². The number of hydrogen-bond donors (Lipinski definition) is 1. The van der Waals surface area contributed by atoms with E-state index in [1.54, 1.807) is 0 Å². The number of pyridine rings is 1. The van der Waals surface area contributed by atoms with Crippen LogP contribution in [0.3, 0.4) is 0 Å². The summed E-state index contributed by atoms with van der Waals surface area (Å²) in [6.07, 6.45) is -4.86. The molecule has 0 bridgehead atoms. The van der Waals surface area contributed by atoms with E-state index in [9.17, 15) is 28.1 Å². The second kappa shape index (κ2) is 3.83. The van der Waals surface area contributed by atoms with Gasteiger partial charge >= 0.3 is 6.18 Å². The van der Waals surface area contributed by atoms with Gasteiger partial charge in [-0.05, 0) is 12.1 Å². The molecule has 2 rings (SSSR count). The number of aromatic amines is 1. The van der Waals surface area contributed by atoms with Crippen molar-refractivity contribution in [3.05, 3.63) is 50.3 Å². The van der Waals surface area contributed by atoms with E-state index in [1.807, 2.05) is 0 Å². The second-order valence-corrected chi connectivity index (χ2v) is 3.53. The Morgan fingerprint density at radius 3 is 2.44 bits per heavy atom. The molecule has 0 aliphatic heterocycles. The molecule has 2 aromatic rings. The lowest BCUT2D eigenvalue weighted by Crippen LogP contribution is -2.10. The predicted octanol–water partition coefficient (Wildman–Crippen LogP) is 2.46. The standard InChI is InChI=1S/C10H5F3N2O3/c11-10(12,13)6-4-7-5(1-2-9(16)14-7)3-8(6)15(17)18/h1-4H,(H,14,16). The van der Waals surface area contributed by atoms with Gasteiger partial charge in [-0.3, -0.25) is 14.9 Å². The van der Waals surface area contributed by atoms with Crippen LogP contribution in [-0.4, -0.2) is 9.91 Å². The maximum Gasteiger partial charge on any atom is 0.423 e. The minimum Gasteiger partial charge on any atom is -0.322 e. The van der Waals surface area contributed by atoms with Crippen molar-refractivity contribution in [1.82, 2.24) is 4.98 Å². The topological polar surface area (TPSA) is 76.0 Å². The minimum atomic E-state index is -4.86. The number of aromatic nitrogens is 1. The molecule has 1 N–H and O–H groups in total. The third-order valence-electron chi connectivity index (χ3n) is 2.34. The maximum absolute atomic E-state index is 12.6. The SMILES string of the molecule is O=c1ccc2cc([N+](=O)[O-])c(C(F)(F)F)cc2[nH]1. The Morgan fingerprint density at radius 2 is 1.89 bits per heavy atom. The average Bonchev–Trinajstić information content (AvgIpc) is 2.25. The quantitative estimate of drug-likeness (QED) is 0.630. The largest absolute Gasteiger partial charge is 0.423 e. The molecule has 8 heteroatoms. The molecule has 0 aliphatic carbocycles. The summed E-state index contributed by atoms with van der Waals surface area (Å²) >= 11 is 0. The molecule has 0 atom stereocenters. The highest BCUT2D eigenvalue weighted by Crippen LogP contribution is 2.37. The number of rotatable bonds is 1. The number of fused-ring (bicyclic) bond motifs is 1. The van der Waals surface area contributed by atoms with Gasteiger partial charge < -0.3 is 4.98 Å². The molecule has 94 valence electrons. The minimum absolute atomic E-state index is 0.0968. The van der Waals surface area contributed by atoms with Crippen LogP contribution in [0, 0.1) is 10.1 Å². The van der Waals surface area contributed by atoms with Crippen LogP contribution in [0.2, 0.25) is 0 Å². The first-order chi connectivity index (χ1) is 8.29. The molecule has 0 amide bonds. The Bertz CT molecular complexity index is 691. The van der Waals surface area contributed by atoms with E-state index in [2.05, 4.69) is 4.98 Å². The fraction of sp³-hybridized carbons (Fsp3) is 0.100. The van der Waals surface area contributed by atoms with Gasteiger partial charge in [0.1, 0.15) is 5.56 Å². The van der Waals surface area contributed by atoms with Crippen molar-refractivity contribution in [2.24, 2.45) is 0 Å². The summed E-state index contributed by atoms with van der Waals surface area (Å²) in [6.45, 7) is 0. The third kappa shape index (κ3) is 2.04. The summed E-state index contributed by atoms with van der Waals surface area (Å²) in [7, 11) is 0. The summed E-state index contributed by atoms with van der Waals surface area (Å²) in [6, 6.07) is 3.66. The highest BCUT2D eigenvalue weighted by Gasteiger charge is 2.38. The van der Waals surface area contributed by atoms with Gasteiger partial charge in [-0.1, -0.05) is 0 Å². The zero-order chi connectivity index (χ0) is 13.5. The Hall–Kier alpha value is -2.38. The molecular weight excluding hydrogens is 253 g/mol. The summed E-state index contributed by atoms with van der Waals surface area (Å²) in [5.74, 6) is 0. The lowest BCUT2D eigenvalue weighted by Gasteiger charge is -2.08. The number of nitrogens with zero attached hydrogens (tertiary/aromatic N) is 1. The summed E-state index contributed by atoms with van der Waals surface area (Å²) < 4.78 is 37.9. The third-order valence-corrected chi connectivity index (χ3v) is 2.34. The number of benzene rings is 1. The van der Waals surface area contributed by atoms with E-state index in [1.165, 1.54) is 6.07 Å². The molecule has 0 fully saturated rings. The molecule has 5 nitrogen and oxygen atoms in total. The molecule has 0 unspecified atom stereocenters. The summed E-state index contributed by atoms with van der Waals surface area (Å²) in [4.78, 5) is 22.7. The number of nitro benzene ring substituents is 1. The van der Waals surface area contributed by atoms with E-state index in [0.29, 0.717) is 6.07 Å².